The van der Waals surface area contributed by atoms with Gasteiger partial charge in [0, 0.05) is 6.54 Å². The molecule has 0 bridgehead atoms. The van der Waals surface area contributed by atoms with Gasteiger partial charge in [-0.15, -0.1) is 0 Å². The number of halogens is 1. The standard InChI is InChI=1S/C9H13BrN2O2/c1-3-4-5-12-9(13)8(10)7(14-2)6-11-12/h6H,3-5H2,1-2H3. The van der Waals surface area contributed by atoms with Gasteiger partial charge in [-0.2, -0.15) is 5.10 Å². The fourth-order valence-corrected chi connectivity index (χ4v) is 1.53. The molecule has 14 heavy (non-hydrogen) atoms. The van der Waals surface area contributed by atoms with E-state index in [1.807, 2.05) is 0 Å². The molecule has 0 aliphatic carbocycles. The van der Waals surface area contributed by atoms with Crippen molar-refractivity contribution in [2.45, 2.75) is 26.3 Å². The van der Waals surface area contributed by atoms with Crippen LogP contribution in [0.25, 0.3) is 0 Å². The van der Waals surface area contributed by atoms with Crippen LogP contribution in [0.15, 0.2) is 15.5 Å². The van der Waals surface area contributed by atoms with Crippen molar-refractivity contribution in [3.63, 3.8) is 0 Å². The number of unbranched alkanes of at least 4 members (excludes halogenated alkanes) is 1. The van der Waals surface area contributed by atoms with Crippen molar-refractivity contribution in [1.29, 1.82) is 0 Å². The molecular weight excluding hydrogens is 248 g/mol. The lowest BCUT2D eigenvalue weighted by atomic mass is 10.3. The predicted octanol–water partition coefficient (Wildman–Crippen LogP) is 1.81. The topological polar surface area (TPSA) is 44.1 Å². The molecule has 0 unspecified atom stereocenters. The first kappa shape index (κ1) is 11.2. The Kier molecular flexibility index (Phi) is 4.13. The monoisotopic (exact) mass is 260 g/mol. The number of aryl methyl sites for hydroxylation is 1. The van der Waals surface area contributed by atoms with E-state index in [9.17, 15) is 4.79 Å². The predicted molar refractivity (Wildman–Crippen MR) is 57.7 cm³/mol. The lowest BCUT2D eigenvalue weighted by molar-refractivity contribution is 0.401. The van der Waals surface area contributed by atoms with Gasteiger partial charge in [-0.05, 0) is 22.4 Å². The molecule has 4 nitrogen and oxygen atoms in total. The average Bonchev–Trinajstić information content (AvgIpc) is 2.20. The molecule has 1 heterocycles. The summed E-state index contributed by atoms with van der Waals surface area (Å²) in [6.07, 6.45) is 3.53. The molecule has 0 N–H and O–H groups in total. The zero-order valence-corrected chi connectivity index (χ0v) is 9.87. The van der Waals surface area contributed by atoms with Crippen molar-refractivity contribution >= 4 is 15.9 Å². The summed E-state index contributed by atoms with van der Waals surface area (Å²) in [5.41, 5.74) is -0.141. The Hall–Kier alpha value is -0.840. The van der Waals surface area contributed by atoms with Crippen LogP contribution in [0.5, 0.6) is 5.75 Å². The van der Waals surface area contributed by atoms with Crippen LogP contribution in [-0.4, -0.2) is 16.9 Å². The summed E-state index contributed by atoms with van der Waals surface area (Å²) >= 11 is 3.18. The molecule has 0 fully saturated rings. The summed E-state index contributed by atoms with van der Waals surface area (Å²) < 4.78 is 6.84. The van der Waals surface area contributed by atoms with E-state index in [4.69, 9.17) is 4.74 Å². The molecule has 0 aliphatic heterocycles. The van der Waals surface area contributed by atoms with Crippen molar-refractivity contribution in [3.8, 4) is 5.75 Å². The van der Waals surface area contributed by atoms with E-state index in [1.54, 1.807) is 6.20 Å². The highest BCUT2D eigenvalue weighted by Gasteiger charge is 2.07. The van der Waals surface area contributed by atoms with Crippen LogP contribution < -0.4 is 10.3 Å². The van der Waals surface area contributed by atoms with Gasteiger partial charge in [-0.3, -0.25) is 4.79 Å². The maximum atomic E-state index is 11.6. The van der Waals surface area contributed by atoms with Gasteiger partial charge in [0.25, 0.3) is 5.56 Å². The van der Waals surface area contributed by atoms with E-state index >= 15 is 0 Å². The van der Waals surface area contributed by atoms with Gasteiger partial charge in [0.05, 0.1) is 13.3 Å². The molecule has 1 aromatic heterocycles. The summed E-state index contributed by atoms with van der Waals surface area (Å²) in [6, 6.07) is 0. The molecule has 0 radical (unpaired) electrons. The summed E-state index contributed by atoms with van der Waals surface area (Å²) in [5.74, 6) is 0.475. The minimum absolute atomic E-state index is 0.141. The van der Waals surface area contributed by atoms with Gasteiger partial charge in [0.15, 0.2) is 5.75 Å². The molecule has 0 spiro atoms. The third kappa shape index (κ3) is 2.35. The summed E-state index contributed by atoms with van der Waals surface area (Å²) in [5, 5.41) is 4.00. The molecule has 1 rings (SSSR count). The van der Waals surface area contributed by atoms with E-state index in [2.05, 4.69) is 28.0 Å². The molecule has 5 heteroatoms. The van der Waals surface area contributed by atoms with Gasteiger partial charge in [-0.1, -0.05) is 13.3 Å². The highest BCUT2D eigenvalue weighted by molar-refractivity contribution is 9.10. The molecular formula is C9H13BrN2O2. The van der Waals surface area contributed by atoms with Crippen molar-refractivity contribution in [2.24, 2.45) is 0 Å². The number of methoxy groups -OCH3 is 1. The van der Waals surface area contributed by atoms with Gasteiger partial charge in [-0.25, -0.2) is 4.68 Å². The second-order valence-corrected chi connectivity index (χ2v) is 3.70. The minimum atomic E-state index is -0.141. The lowest BCUT2D eigenvalue weighted by Crippen LogP contribution is -2.23. The van der Waals surface area contributed by atoms with Crippen LogP contribution in [0.2, 0.25) is 0 Å². The Bertz CT molecular complexity index is 362. The Morgan fingerprint density at radius 3 is 2.93 bits per heavy atom. The number of nitrogens with zero attached hydrogens (tertiary/aromatic N) is 2. The first-order valence-corrected chi connectivity index (χ1v) is 5.29. The quantitative estimate of drug-likeness (QED) is 0.830. The average molecular weight is 261 g/mol. The SMILES string of the molecule is CCCCn1ncc(OC)c(Br)c1=O. The van der Waals surface area contributed by atoms with E-state index in [0.717, 1.165) is 12.8 Å². The molecule has 0 aliphatic rings. The van der Waals surface area contributed by atoms with Crippen LogP contribution in [-0.2, 0) is 6.54 Å². The maximum absolute atomic E-state index is 11.6. The van der Waals surface area contributed by atoms with Crippen molar-refractivity contribution in [3.05, 3.63) is 21.0 Å². The molecule has 1 aromatic rings. The zero-order valence-electron chi connectivity index (χ0n) is 8.29. The van der Waals surface area contributed by atoms with E-state index in [1.165, 1.54) is 11.8 Å². The van der Waals surface area contributed by atoms with Crippen molar-refractivity contribution in [2.75, 3.05) is 7.11 Å². The van der Waals surface area contributed by atoms with Crippen LogP contribution in [0, 0.1) is 0 Å². The molecule has 0 saturated heterocycles. The maximum Gasteiger partial charge on any atom is 0.284 e. The summed E-state index contributed by atoms with van der Waals surface area (Å²) in [7, 11) is 1.51. The first-order chi connectivity index (χ1) is 6.70. The molecule has 78 valence electrons. The Morgan fingerprint density at radius 2 is 2.36 bits per heavy atom. The second kappa shape index (κ2) is 5.14. The lowest BCUT2D eigenvalue weighted by Gasteiger charge is -2.06. The highest BCUT2D eigenvalue weighted by atomic mass is 79.9. The first-order valence-electron chi connectivity index (χ1n) is 4.50. The third-order valence-corrected chi connectivity index (χ3v) is 2.63. The Labute approximate surface area is 91.0 Å². The fraction of sp³-hybridized carbons (Fsp3) is 0.556. The van der Waals surface area contributed by atoms with E-state index < -0.39 is 0 Å². The number of hydrogen-bond acceptors (Lipinski definition) is 3. The molecule has 0 atom stereocenters. The highest BCUT2D eigenvalue weighted by Crippen LogP contribution is 2.17. The van der Waals surface area contributed by atoms with Gasteiger partial charge >= 0.3 is 0 Å². The van der Waals surface area contributed by atoms with Gasteiger partial charge in [0.2, 0.25) is 0 Å². The second-order valence-electron chi connectivity index (χ2n) is 2.91. The van der Waals surface area contributed by atoms with Crippen molar-refractivity contribution < 1.29 is 4.74 Å². The number of ether oxygens (including phenoxy) is 1. The van der Waals surface area contributed by atoms with Crippen molar-refractivity contribution in [1.82, 2.24) is 9.78 Å². The van der Waals surface area contributed by atoms with Crippen LogP contribution >= 0.6 is 15.9 Å². The number of aromatic nitrogens is 2. The van der Waals surface area contributed by atoms with Gasteiger partial charge < -0.3 is 4.74 Å². The zero-order chi connectivity index (χ0) is 10.6. The minimum Gasteiger partial charge on any atom is -0.494 e. The number of rotatable bonds is 4. The smallest absolute Gasteiger partial charge is 0.284 e. The largest absolute Gasteiger partial charge is 0.494 e. The van der Waals surface area contributed by atoms with E-state index in [-0.39, 0.29) is 5.56 Å². The molecule has 0 aromatic carbocycles. The molecule has 0 amide bonds. The summed E-state index contributed by atoms with van der Waals surface area (Å²) in [6.45, 7) is 2.72. The van der Waals surface area contributed by atoms with E-state index in [0.29, 0.717) is 16.8 Å². The van der Waals surface area contributed by atoms with Gasteiger partial charge in [0.1, 0.15) is 4.47 Å². The molecule has 0 saturated carbocycles. The fourth-order valence-electron chi connectivity index (χ4n) is 1.06. The Balaban J connectivity index is 2.99. The normalized spacial score (nSPS) is 10.2. The Morgan fingerprint density at radius 1 is 1.64 bits per heavy atom. The summed E-state index contributed by atoms with van der Waals surface area (Å²) in [4.78, 5) is 11.6. The number of hydrogen-bond donors (Lipinski definition) is 0. The van der Waals surface area contributed by atoms with Crippen LogP contribution in [0.3, 0.4) is 0 Å². The van der Waals surface area contributed by atoms with Crippen LogP contribution in [0.1, 0.15) is 19.8 Å². The third-order valence-electron chi connectivity index (χ3n) is 1.90. The van der Waals surface area contributed by atoms with Crippen LogP contribution in [0.4, 0.5) is 0 Å².